The molecule has 2 aliphatic rings. The van der Waals surface area contributed by atoms with Gasteiger partial charge in [0.1, 0.15) is 11.5 Å². The molecule has 1 aromatic rings. The number of hydrogen-bond acceptors (Lipinski definition) is 5. The lowest BCUT2D eigenvalue weighted by molar-refractivity contribution is 0.0497. The number of piperazine rings is 1. The second-order valence-corrected chi connectivity index (χ2v) is 7.16. The quantitative estimate of drug-likeness (QED) is 0.900. The van der Waals surface area contributed by atoms with Crippen LogP contribution in [0.3, 0.4) is 0 Å². The van der Waals surface area contributed by atoms with E-state index in [0.29, 0.717) is 23.5 Å². The minimum Gasteiger partial charge on any atom is -0.384 e. The lowest BCUT2D eigenvalue weighted by Crippen LogP contribution is -2.52. The van der Waals surface area contributed by atoms with Crippen LogP contribution < -0.4 is 5.73 Å². The summed E-state index contributed by atoms with van der Waals surface area (Å²) in [5, 5.41) is 0. The average molecular weight is 331 g/mol. The van der Waals surface area contributed by atoms with Crippen molar-refractivity contribution in [1.29, 1.82) is 0 Å². The number of carbonyl (C=O) groups is 1. The van der Waals surface area contributed by atoms with E-state index in [9.17, 15) is 4.79 Å². The number of nitrogen functional groups attached to an aromatic ring is 1. The Morgan fingerprint density at radius 2 is 1.83 bits per heavy atom. The van der Waals surface area contributed by atoms with Gasteiger partial charge in [0.25, 0.3) is 5.91 Å². The third-order valence-electron chi connectivity index (χ3n) is 5.61. The van der Waals surface area contributed by atoms with Crippen molar-refractivity contribution in [2.75, 3.05) is 52.0 Å². The van der Waals surface area contributed by atoms with Crippen molar-refractivity contribution in [2.45, 2.75) is 25.8 Å². The van der Waals surface area contributed by atoms with Gasteiger partial charge in [-0.2, -0.15) is 0 Å². The van der Waals surface area contributed by atoms with Crippen molar-refractivity contribution in [3.05, 3.63) is 23.9 Å². The Kier molecular flexibility index (Phi) is 5.36. The van der Waals surface area contributed by atoms with Crippen LogP contribution in [0.25, 0.3) is 0 Å². The van der Waals surface area contributed by atoms with Gasteiger partial charge in [0.2, 0.25) is 0 Å². The molecule has 2 fully saturated rings. The van der Waals surface area contributed by atoms with E-state index in [1.165, 1.54) is 0 Å². The number of pyridine rings is 1. The van der Waals surface area contributed by atoms with Crippen molar-refractivity contribution in [1.82, 2.24) is 19.7 Å². The maximum absolute atomic E-state index is 12.6. The molecule has 2 aliphatic heterocycles. The molecule has 1 amide bonds. The van der Waals surface area contributed by atoms with Crippen molar-refractivity contribution < 1.29 is 4.79 Å². The summed E-state index contributed by atoms with van der Waals surface area (Å²) in [6.07, 6.45) is 2.14. The average Bonchev–Trinajstić information content (AvgIpc) is 2.61. The fraction of sp³-hybridized carbons (Fsp3) is 0.667. The van der Waals surface area contributed by atoms with Crippen LogP contribution in [-0.2, 0) is 0 Å². The van der Waals surface area contributed by atoms with E-state index in [1.54, 1.807) is 18.2 Å². The summed E-state index contributed by atoms with van der Waals surface area (Å²) in [6.45, 7) is 8.61. The fourth-order valence-electron chi connectivity index (χ4n) is 3.84. The van der Waals surface area contributed by atoms with Crippen LogP contribution in [0.5, 0.6) is 0 Å². The molecule has 0 spiro atoms. The predicted octanol–water partition coefficient (Wildman–Crippen LogP) is 1.15. The summed E-state index contributed by atoms with van der Waals surface area (Å²) in [5.74, 6) is 1.08. The van der Waals surface area contributed by atoms with E-state index in [4.69, 9.17) is 5.73 Å². The van der Waals surface area contributed by atoms with Gasteiger partial charge in [-0.3, -0.25) is 9.69 Å². The van der Waals surface area contributed by atoms with Gasteiger partial charge in [0.05, 0.1) is 0 Å². The molecule has 1 atom stereocenters. The summed E-state index contributed by atoms with van der Waals surface area (Å²) in [6, 6.07) is 5.84. The number of anilines is 1. The number of nitrogens with zero attached hydrogens (tertiary/aromatic N) is 4. The topological polar surface area (TPSA) is 65.7 Å². The molecule has 0 radical (unpaired) electrons. The largest absolute Gasteiger partial charge is 0.384 e. The van der Waals surface area contributed by atoms with E-state index >= 15 is 0 Å². The molecule has 24 heavy (non-hydrogen) atoms. The van der Waals surface area contributed by atoms with Crippen LogP contribution in [0.4, 0.5) is 5.82 Å². The lowest BCUT2D eigenvalue weighted by atomic mass is 9.89. The summed E-state index contributed by atoms with van der Waals surface area (Å²) in [4.78, 5) is 23.6. The Hall–Kier alpha value is -1.66. The molecule has 0 saturated carbocycles. The number of likely N-dealkylation sites (N-methyl/N-ethyl adjacent to an activating group) is 1. The van der Waals surface area contributed by atoms with Gasteiger partial charge in [-0.05, 0) is 44.9 Å². The first-order chi connectivity index (χ1) is 11.5. The lowest BCUT2D eigenvalue weighted by Gasteiger charge is -2.42. The zero-order valence-corrected chi connectivity index (χ0v) is 14.8. The zero-order chi connectivity index (χ0) is 17.1. The summed E-state index contributed by atoms with van der Waals surface area (Å²) < 4.78 is 0. The third-order valence-corrected chi connectivity index (χ3v) is 5.61. The van der Waals surface area contributed by atoms with Gasteiger partial charge in [-0.25, -0.2) is 4.98 Å². The number of carbonyl (C=O) groups excluding carboxylic acids is 1. The molecule has 0 aliphatic carbocycles. The van der Waals surface area contributed by atoms with Crippen LogP contribution in [0, 0.1) is 5.92 Å². The van der Waals surface area contributed by atoms with E-state index in [-0.39, 0.29) is 5.91 Å². The number of likely N-dealkylation sites (tertiary alicyclic amines) is 1. The van der Waals surface area contributed by atoms with Crippen molar-refractivity contribution in [3.8, 4) is 0 Å². The van der Waals surface area contributed by atoms with Crippen molar-refractivity contribution >= 4 is 11.7 Å². The first kappa shape index (κ1) is 17.2. The van der Waals surface area contributed by atoms with Crippen LogP contribution in [0.1, 0.15) is 30.3 Å². The van der Waals surface area contributed by atoms with Gasteiger partial charge in [0.15, 0.2) is 0 Å². The first-order valence-electron chi connectivity index (χ1n) is 8.99. The molecular formula is C18H29N5O. The SMILES string of the molecule is C[C@H](C1CCN(C(=O)c2cccc(N)n2)CC1)N1CCN(C)CC1. The Morgan fingerprint density at radius 3 is 2.46 bits per heavy atom. The zero-order valence-electron chi connectivity index (χ0n) is 14.8. The number of piperidine rings is 1. The molecule has 3 rings (SSSR count). The van der Waals surface area contributed by atoms with Gasteiger partial charge >= 0.3 is 0 Å². The minimum absolute atomic E-state index is 0.00741. The van der Waals surface area contributed by atoms with Crippen LogP contribution in [-0.4, -0.2) is 77.9 Å². The summed E-state index contributed by atoms with van der Waals surface area (Å²) in [5.41, 5.74) is 6.15. The molecular weight excluding hydrogens is 302 g/mol. The Balaban J connectivity index is 1.53. The van der Waals surface area contributed by atoms with Crippen molar-refractivity contribution in [2.24, 2.45) is 5.92 Å². The van der Waals surface area contributed by atoms with E-state index < -0.39 is 0 Å². The highest BCUT2D eigenvalue weighted by Gasteiger charge is 2.31. The predicted molar refractivity (Wildman–Crippen MR) is 95.8 cm³/mol. The van der Waals surface area contributed by atoms with Crippen molar-refractivity contribution in [3.63, 3.8) is 0 Å². The maximum atomic E-state index is 12.6. The monoisotopic (exact) mass is 331 g/mol. The highest BCUT2D eigenvalue weighted by Crippen LogP contribution is 2.25. The van der Waals surface area contributed by atoms with E-state index in [1.807, 2.05) is 4.90 Å². The number of amides is 1. The Morgan fingerprint density at radius 1 is 1.17 bits per heavy atom. The smallest absolute Gasteiger partial charge is 0.272 e. The second-order valence-electron chi connectivity index (χ2n) is 7.16. The first-order valence-corrected chi connectivity index (χ1v) is 8.99. The van der Waals surface area contributed by atoms with Gasteiger partial charge < -0.3 is 15.5 Å². The van der Waals surface area contributed by atoms with E-state index in [0.717, 1.165) is 52.1 Å². The molecule has 6 nitrogen and oxygen atoms in total. The summed E-state index contributed by atoms with van der Waals surface area (Å²) in [7, 11) is 2.19. The molecule has 132 valence electrons. The van der Waals surface area contributed by atoms with E-state index in [2.05, 4.69) is 28.8 Å². The van der Waals surface area contributed by atoms with Crippen LogP contribution in [0.2, 0.25) is 0 Å². The van der Waals surface area contributed by atoms with Crippen LogP contribution >= 0.6 is 0 Å². The standard InChI is InChI=1S/C18H29N5O/c1-14(22-12-10-21(2)11-13-22)15-6-8-23(9-7-15)18(24)16-4-3-5-17(19)20-16/h3-5,14-15H,6-13H2,1-2H3,(H2,19,20)/t14-/m1/s1. The second kappa shape index (κ2) is 7.49. The molecule has 6 heteroatoms. The number of nitrogens with two attached hydrogens (primary N) is 1. The normalized spacial score (nSPS) is 22.5. The molecule has 2 saturated heterocycles. The van der Waals surface area contributed by atoms with Gasteiger partial charge in [0, 0.05) is 45.3 Å². The molecule has 0 aromatic carbocycles. The summed E-state index contributed by atoms with van der Waals surface area (Å²) >= 11 is 0. The molecule has 1 aromatic heterocycles. The third kappa shape index (κ3) is 3.87. The van der Waals surface area contributed by atoms with Crippen LogP contribution in [0.15, 0.2) is 18.2 Å². The highest BCUT2D eigenvalue weighted by atomic mass is 16.2. The Labute approximate surface area is 144 Å². The molecule has 3 heterocycles. The fourth-order valence-corrected chi connectivity index (χ4v) is 3.84. The highest BCUT2D eigenvalue weighted by molar-refractivity contribution is 5.92. The molecule has 0 bridgehead atoms. The maximum Gasteiger partial charge on any atom is 0.272 e. The van der Waals surface area contributed by atoms with Gasteiger partial charge in [-0.1, -0.05) is 6.07 Å². The van der Waals surface area contributed by atoms with Gasteiger partial charge in [-0.15, -0.1) is 0 Å². The number of hydrogen-bond donors (Lipinski definition) is 1. The number of aromatic nitrogens is 1. The minimum atomic E-state index is 0.00741. The Bertz CT molecular complexity index is 562. The number of rotatable bonds is 3. The molecule has 2 N–H and O–H groups in total. The molecule has 0 unspecified atom stereocenters.